The first-order valence-electron chi connectivity index (χ1n) is 26.6. The monoisotopic (exact) mass is 1210 g/mol. The van der Waals surface area contributed by atoms with E-state index in [2.05, 4.69) is 26.3 Å². The van der Waals surface area contributed by atoms with Crippen LogP contribution in [0.15, 0.2) is 30.5 Å². The maximum absolute atomic E-state index is 14.5. The number of amides is 4. The molecule has 0 bridgehead atoms. The van der Waals surface area contributed by atoms with E-state index < -0.39 is 175 Å². The van der Waals surface area contributed by atoms with Crippen LogP contribution in [0.4, 0.5) is 0 Å². The highest BCUT2D eigenvalue weighted by Gasteiger charge is 2.35. The van der Waals surface area contributed by atoms with E-state index in [-0.39, 0.29) is 69.5 Å². The van der Waals surface area contributed by atoms with Crippen LogP contribution in [0.3, 0.4) is 0 Å². The summed E-state index contributed by atoms with van der Waals surface area (Å²) in [6.45, 7) is 7.75. The molecule has 458 valence electrons. The van der Waals surface area contributed by atoms with E-state index in [4.69, 9.17) is 11.5 Å². The fraction of sp³-hybridized carbons (Fsp3) is 0.714. The quantitative estimate of drug-likeness (QED) is 0.0394. The van der Waals surface area contributed by atoms with E-state index >= 15 is 0 Å². The Hall–Kier alpha value is -4.86. The molecule has 80 heavy (non-hydrogen) atoms. The van der Waals surface area contributed by atoms with Gasteiger partial charge in [-0.25, -0.2) is 38.0 Å². The molecule has 0 aliphatic rings. The summed E-state index contributed by atoms with van der Waals surface area (Å²) in [6.07, 6.45) is 0.380. The number of carbonyl (C=O) groups excluding carboxylic acids is 4. The number of benzene rings is 1. The molecule has 0 aliphatic heterocycles. The van der Waals surface area contributed by atoms with Crippen LogP contribution in [-0.2, 0) is 75.3 Å². The number of hydrogen-bond acceptors (Lipinski definition) is 16. The maximum atomic E-state index is 14.5. The molecular formula is C49H87N11O16S4. The highest BCUT2D eigenvalue weighted by molar-refractivity contribution is 7.89. The van der Waals surface area contributed by atoms with Gasteiger partial charge < -0.3 is 47.9 Å². The molecule has 31 heteroatoms. The lowest BCUT2D eigenvalue weighted by Gasteiger charge is -2.31. The van der Waals surface area contributed by atoms with Gasteiger partial charge in [0, 0.05) is 107 Å². The van der Waals surface area contributed by atoms with Gasteiger partial charge in [-0.15, -0.1) is 0 Å². The average molecular weight is 1210 g/mol. The van der Waals surface area contributed by atoms with Gasteiger partial charge in [0.15, 0.2) is 0 Å². The first kappa shape index (κ1) is 71.2. The van der Waals surface area contributed by atoms with Gasteiger partial charge in [-0.1, -0.05) is 66.7 Å². The largest absolute Gasteiger partial charge is 0.481 e. The number of aliphatic carboxylic acids is 2. The second kappa shape index (κ2) is 33.3. The maximum Gasteiger partial charge on any atom is 0.303 e. The lowest BCUT2D eigenvalue weighted by Crippen LogP contribution is -2.55. The Labute approximate surface area is 472 Å². The van der Waals surface area contributed by atoms with E-state index in [1.54, 1.807) is 78.9 Å². The fourth-order valence-electron chi connectivity index (χ4n) is 8.94. The number of carboxylic acid groups (broad SMARTS) is 2. The molecule has 0 radical (unpaired) electrons. The first-order valence-corrected chi connectivity index (χ1v) is 33.0. The number of aromatic nitrogens is 1. The number of fused-ring (bicyclic) bond motifs is 1. The summed E-state index contributed by atoms with van der Waals surface area (Å²) in [7, 11) is -16.9. The molecule has 2 rings (SSSR count). The molecular weight excluding hydrogens is 1130 g/mol. The average Bonchev–Trinajstić information content (AvgIpc) is 3.71. The number of H-pyrrole nitrogens is 1. The lowest BCUT2D eigenvalue weighted by molar-refractivity contribution is -0.138. The predicted octanol–water partition coefficient (Wildman–Crippen LogP) is -0.778. The lowest BCUT2D eigenvalue weighted by atomic mass is 10.0. The molecule has 0 saturated carbocycles. The van der Waals surface area contributed by atoms with Crippen molar-refractivity contribution in [3.63, 3.8) is 0 Å². The summed E-state index contributed by atoms with van der Waals surface area (Å²) >= 11 is 0. The summed E-state index contributed by atoms with van der Waals surface area (Å²) in [4.78, 5) is 80.7. The van der Waals surface area contributed by atoms with E-state index in [1.807, 2.05) is 0 Å². The van der Waals surface area contributed by atoms with Gasteiger partial charge in [0.1, 0.15) is 0 Å². The Morgan fingerprint density at radius 3 is 1.40 bits per heavy atom. The molecule has 4 amide bonds. The molecule has 27 nitrogen and oxygen atoms in total. The highest BCUT2D eigenvalue weighted by atomic mass is 32.2. The summed E-state index contributed by atoms with van der Waals surface area (Å²) in [6, 6.07) is 2.77. The third-order valence-corrected chi connectivity index (χ3v) is 20.3. The first-order chi connectivity index (χ1) is 37.1. The van der Waals surface area contributed by atoms with Crippen molar-refractivity contribution in [1.29, 1.82) is 0 Å². The van der Waals surface area contributed by atoms with Crippen LogP contribution >= 0.6 is 0 Å². The van der Waals surface area contributed by atoms with Crippen LogP contribution in [0, 0.1) is 17.8 Å². The minimum Gasteiger partial charge on any atom is -0.481 e. The number of nitrogens with one attached hydrogen (secondary N) is 5. The Kier molecular flexibility index (Phi) is 29.7. The van der Waals surface area contributed by atoms with Gasteiger partial charge in [0.05, 0.1) is 42.6 Å². The van der Waals surface area contributed by atoms with Gasteiger partial charge >= 0.3 is 11.9 Å². The molecule has 0 spiro atoms. The Bertz CT molecular complexity index is 2810. The van der Waals surface area contributed by atoms with E-state index in [9.17, 15) is 72.7 Å². The van der Waals surface area contributed by atoms with Crippen molar-refractivity contribution in [2.24, 2.45) is 29.2 Å². The van der Waals surface area contributed by atoms with E-state index in [0.29, 0.717) is 16.5 Å². The van der Waals surface area contributed by atoms with Gasteiger partial charge in [-0.2, -0.15) is 12.9 Å². The van der Waals surface area contributed by atoms with Crippen LogP contribution < -0.4 is 32.7 Å². The van der Waals surface area contributed by atoms with Crippen molar-refractivity contribution >= 4 is 86.6 Å². The highest BCUT2D eigenvalue weighted by Crippen LogP contribution is 2.21. The Morgan fingerprint density at radius 2 is 0.963 bits per heavy atom. The molecule has 1 heterocycles. The van der Waals surface area contributed by atoms with Gasteiger partial charge in [-0.05, 0) is 55.1 Å². The number of para-hydroxylation sites is 1. The van der Waals surface area contributed by atoms with E-state index in [0.717, 1.165) is 24.1 Å². The van der Waals surface area contributed by atoms with Crippen molar-refractivity contribution < 1.29 is 72.7 Å². The van der Waals surface area contributed by atoms with Gasteiger partial charge in [0.2, 0.25) is 63.7 Å². The SMILES string of the molecule is CCN(C[C@H](CCC(=O)O)NC(=O)CN(C[C@H](Cc1c[nH]c2ccccc12)NC(=O)CN(C[C@H](CC(C)C)NC(=O)CN(C[C@H](CCC(=O)O)NC(C)=O)S(=O)(=O)CCN)S(=O)(=O)CCN)S(=O)(=O)CC(C)C)S(=O)(=O)CC(C)C. The number of hydrogen-bond donors (Lipinski definition) is 9. The van der Waals surface area contributed by atoms with Crippen molar-refractivity contribution in [2.75, 3.05) is 88.5 Å². The fourth-order valence-corrected chi connectivity index (χ4v) is 15.1. The molecule has 11 N–H and O–H groups in total. The molecule has 2 aromatic rings. The zero-order chi connectivity index (χ0) is 60.8. The Balaban J connectivity index is 2.66. The number of carbonyl (C=O) groups is 6. The summed E-state index contributed by atoms with van der Waals surface area (Å²) < 4.78 is 114. The molecule has 0 aliphatic carbocycles. The molecule has 0 fully saturated rings. The molecule has 1 aromatic heterocycles. The minimum absolute atomic E-state index is 0.00133. The van der Waals surface area contributed by atoms with Crippen molar-refractivity contribution in [3.8, 4) is 0 Å². The zero-order valence-electron chi connectivity index (χ0n) is 47.3. The molecule has 0 saturated heterocycles. The normalized spacial score (nSPS) is 14.3. The van der Waals surface area contributed by atoms with Crippen LogP contribution in [0.5, 0.6) is 0 Å². The van der Waals surface area contributed by atoms with Crippen LogP contribution in [-0.4, -0.2) is 214 Å². The van der Waals surface area contributed by atoms with Crippen molar-refractivity contribution in [2.45, 2.75) is 118 Å². The van der Waals surface area contributed by atoms with Gasteiger partial charge in [0.25, 0.3) is 0 Å². The summed E-state index contributed by atoms with van der Waals surface area (Å²) in [5.41, 5.74) is 12.6. The second-order valence-corrected chi connectivity index (χ2v) is 29.3. The number of nitrogens with two attached hydrogens (primary N) is 2. The Morgan fingerprint density at radius 1 is 0.562 bits per heavy atom. The number of aromatic amines is 1. The molecule has 4 atom stereocenters. The number of rotatable bonds is 41. The number of sulfonamides is 4. The summed E-state index contributed by atoms with van der Waals surface area (Å²) in [5, 5.41) is 30.2. The smallest absolute Gasteiger partial charge is 0.303 e. The van der Waals surface area contributed by atoms with Crippen LogP contribution in [0.2, 0.25) is 0 Å². The summed E-state index contributed by atoms with van der Waals surface area (Å²) in [5.74, 6) is -8.66. The van der Waals surface area contributed by atoms with Crippen molar-refractivity contribution in [1.82, 2.24) is 43.5 Å². The number of carboxylic acids is 2. The topological polar surface area (TPSA) is 408 Å². The van der Waals surface area contributed by atoms with Crippen molar-refractivity contribution in [3.05, 3.63) is 36.0 Å². The second-order valence-electron chi connectivity index (χ2n) is 21.1. The zero-order valence-corrected chi connectivity index (χ0v) is 50.5. The van der Waals surface area contributed by atoms with E-state index in [1.165, 1.54) is 0 Å². The molecule has 1 aromatic carbocycles. The van der Waals surface area contributed by atoms with Crippen LogP contribution in [0.1, 0.15) is 93.1 Å². The van der Waals surface area contributed by atoms with Gasteiger partial charge in [-0.3, -0.25) is 28.8 Å². The standard InChI is InChI=1S/C49H87N11O16S4/c1-9-57(79(73,74)32-35(4)5)25-40(15-17-49(67)68)54-45(62)31-60(80(75,76)33-36(6)7)28-42(23-38-24-52-44-13-11-10-12-43(38)44)56-47(64)30-59(78(71,72)21-19-51)27-41(22-34(2)3)55-46(63)29-58(77(69,70)20-18-50)26-39(53-37(8)61)14-16-48(65)66/h10-13,24,34-36,39-42,52H,9,14-23,25-33,50-51H2,1-8H3,(H,53,61)(H,54,62)(H,55,63)(H,56,64)(H,65,66)(H,67,68)/t39-,40-,41-,42-/m0/s1. The third-order valence-electron chi connectivity index (χ3n) is 12.2. The minimum atomic E-state index is -4.42. The number of nitrogens with zero attached hydrogens (tertiary/aromatic N) is 4. The number of likely N-dealkylation sites (N-methyl/N-ethyl adjacent to an activating group) is 1. The molecule has 0 unspecified atom stereocenters. The predicted molar refractivity (Wildman–Crippen MR) is 303 cm³/mol. The van der Waals surface area contributed by atoms with Crippen LogP contribution in [0.25, 0.3) is 10.9 Å². The third kappa shape index (κ3) is 25.9.